The molecule has 0 bridgehead atoms. The fourth-order valence-electron chi connectivity index (χ4n) is 1.93. The number of hydrogen-bond donors (Lipinski definition) is 1. The minimum absolute atomic E-state index is 0.578. The lowest BCUT2D eigenvalue weighted by Gasteiger charge is -2.30. The summed E-state index contributed by atoms with van der Waals surface area (Å²) in [6.45, 7) is 9.29. The summed E-state index contributed by atoms with van der Waals surface area (Å²) in [7, 11) is 2.11. The van der Waals surface area contributed by atoms with E-state index in [4.69, 9.17) is 0 Å². The van der Waals surface area contributed by atoms with Crippen molar-refractivity contribution in [2.24, 2.45) is 0 Å². The number of nitrogens with one attached hydrogen (secondary N) is 1. The van der Waals surface area contributed by atoms with Gasteiger partial charge in [0.1, 0.15) is 0 Å². The van der Waals surface area contributed by atoms with Crippen LogP contribution in [0.25, 0.3) is 0 Å². The third-order valence-electron chi connectivity index (χ3n) is 2.84. The van der Waals surface area contributed by atoms with Crippen molar-refractivity contribution in [2.75, 3.05) is 23.8 Å². The molecule has 1 heterocycles. The van der Waals surface area contributed by atoms with Crippen molar-refractivity contribution in [2.45, 2.75) is 19.8 Å². The molecule has 1 aliphatic rings. The van der Waals surface area contributed by atoms with Crippen LogP contribution >= 0.6 is 0 Å². The van der Waals surface area contributed by atoms with Crippen LogP contribution in [0.15, 0.2) is 30.5 Å². The van der Waals surface area contributed by atoms with Gasteiger partial charge >= 0.3 is 0 Å². The summed E-state index contributed by atoms with van der Waals surface area (Å²) in [6, 6.07) is 6.59. The van der Waals surface area contributed by atoms with Crippen molar-refractivity contribution in [3.63, 3.8) is 0 Å². The third kappa shape index (κ3) is 1.84. The predicted octanol–water partition coefficient (Wildman–Crippen LogP) is 3.19. The summed E-state index contributed by atoms with van der Waals surface area (Å²) in [5.74, 6) is 0.578. The van der Waals surface area contributed by atoms with Crippen molar-refractivity contribution in [3.05, 3.63) is 36.0 Å². The number of nitrogens with zero attached hydrogens (tertiary/aromatic N) is 1. The molecule has 2 heteroatoms. The fraction of sp³-hybridized carbons (Fsp3) is 0.385. The minimum atomic E-state index is 0.578. The van der Waals surface area contributed by atoms with E-state index in [1.54, 1.807) is 0 Å². The maximum atomic E-state index is 3.97. The van der Waals surface area contributed by atoms with Gasteiger partial charge in [0.15, 0.2) is 0 Å². The zero-order chi connectivity index (χ0) is 11.0. The van der Waals surface area contributed by atoms with E-state index in [-0.39, 0.29) is 0 Å². The van der Waals surface area contributed by atoms with Crippen molar-refractivity contribution >= 4 is 11.4 Å². The third-order valence-corrected chi connectivity index (χ3v) is 2.84. The fourth-order valence-corrected chi connectivity index (χ4v) is 1.93. The first-order chi connectivity index (χ1) is 7.08. The van der Waals surface area contributed by atoms with Gasteiger partial charge in [0.2, 0.25) is 0 Å². The standard InChI is InChI=1S/C13H18N2/c1-9(2)11-5-6-12-13(7-11)15(4)8-10(3)14-12/h5-7,9,14H,3,8H2,1-2,4H3. The molecule has 80 valence electrons. The van der Waals surface area contributed by atoms with Crippen LogP contribution in [0.1, 0.15) is 25.3 Å². The first kappa shape index (κ1) is 10.1. The molecular weight excluding hydrogens is 184 g/mol. The van der Waals surface area contributed by atoms with Crippen molar-refractivity contribution in [1.29, 1.82) is 0 Å². The van der Waals surface area contributed by atoms with Crippen LogP contribution in [0.2, 0.25) is 0 Å². The van der Waals surface area contributed by atoms with Gasteiger partial charge in [0.25, 0.3) is 0 Å². The summed E-state index contributed by atoms with van der Waals surface area (Å²) in [6.07, 6.45) is 0. The molecule has 0 atom stereocenters. The van der Waals surface area contributed by atoms with Gasteiger partial charge in [-0.05, 0) is 23.6 Å². The Balaban J connectivity index is 2.43. The van der Waals surface area contributed by atoms with E-state index >= 15 is 0 Å². The molecule has 0 saturated carbocycles. The summed E-state index contributed by atoms with van der Waals surface area (Å²) in [4.78, 5) is 2.24. The highest BCUT2D eigenvalue weighted by Gasteiger charge is 2.16. The van der Waals surface area contributed by atoms with E-state index in [0.717, 1.165) is 17.9 Å². The maximum Gasteiger partial charge on any atom is 0.0620 e. The number of rotatable bonds is 1. The molecule has 0 aliphatic carbocycles. The Hall–Kier alpha value is -1.44. The van der Waals surface area contributed by atoms with Crippen LogP contribution in [0, 0.1) is 0 Å². The second-order valence-corrected chi connectivity index (χ2v) is 4.52. The largest absolute Gasteiger partial charge is 0.367 e. The molecular formula is C13H18N2. The molecule has 0 amide bonds. The molecule has 2 rings (SSSR count). The first-order valence-electron chi connectivity index (χ1n) is 5.38. The van der Waals surface area contributed by atoms with E-state index in [1.165, 1.54) is 11.3 Å². The van der Waals surface area contributed by atoms with E-state index in [0.29, 0.717) is 5.92 Å². The van der Waals surface area contributed by atoms with Crippen LogP contribution in [0.3, 0.4) is 0 Å². The monoisotopic (exact) mass is 202 g/mol. The molecule has 2 nitrogen and oxygen atoms in total. The number of anilines is 2. The van der Waals surface area contributed by atoms with Gasteiger partial charge in [0, 0.05) is 12.7 Å². The second-order valence-electron chi connectivity index (χ2n) is 4.52. The van der Waals surface area contributed by atoms with Gasteiger partial charge in [-0.3, -0.25) is 0 Å². The average molecular weight is 202 g/mol. The summed E-state index contributed by atoms with van der Waals surface area (Å²) in [5.41, 5.74) is 4.88. The highest BCUT2D eigenvalue weighted by molar-refractivity contribution is 5.75. The molecule has 0 aromatic heterocycles. The number of likely N-dealkylation sites (N-methyl/N-ethyl adjacent to an activating group) is 1. The molecule has 1 N–H and O–H groups in total. The first-order valence-corrected chi connectivity index (χ1v) is 5.38. The van der Waals surface area contributed by atoms with E-state index < -0.39 is 0 Å². The van der Waals surface area contributed by atoms with Crippen LogP contribution in [0.4, 0.5) is 11.4 Å². The van der Waals surface area contributed by atoms with Crippen molar-refractivity contribution in [3.8, 4) is 0 Å². The van der Waals surface area contributed by atoms with Gasteiger partial charge in [-0.25, -0.2) is 0 Å². The second kappa shape index (κ2) is 3.61. The van der Waals surface area contributed by atoms with Crippen LogP contribution < -0.4 is 10.2 Å². The van der Waals surface area contributed by atoms with Gasteiger partial charge < -0.3 is 10.2 Å². The number of fused-ring (bicyclic) bond motifs is 1. The quantitative estimate of drug-likeness (QED) is 0.752. The molecule has 0 radical (unpaired) electrons. The van der Waals surface area contributed by atoms with E-state index in [1.807, 2.05) is 0 Å². The highest BCUT2D eigenvalue weighted by atomic mass is 15.2. The maximum absolute atomic E-state index is 3.97. The zero-order valence-electron chi connectivity index (χ0n) is 9.67. The summed E-state index contributed by atoms with van der Waals surface area (Å²) < 4.78 is 0. The molecule has 0 saturated heterocycles. The summed E-state index contributed by atoms with van der Waals surface area (Å²) in [5, 5.41) is 3.32. The lowest BCUT2D eigenvalue weighted by Crippen LogP contribution is -2.28. The Labute approximate surface area is 91.6 Å². The van der Waals surface area contributed by atoms with Crippen molar-refractivity contribution < 1.29 is 0 Å². The van der Waals surface area contributed by atoms with Gasteiger partial charge in [-0.1, -0.05) is 26.5 Å². The van der Waals surface area contributed by atoms with E-state index in [2.05, 4.69) is 55.9 Å². The Morgan fingerprint density at radius 2 is 2.13 bits per heavy atom. The SMILES string of the molecule is C=C1CN(C)c2cc(C(C)C)ccc2N1. The molecule has 0 unspecified atom stereocenters. The molecule has 1 aliphatic heterocycles. The molecule has 0 spiro atoms. The molecule has 1 aromatic carbocycles. The lowest BCUT2D eigenvalue weighted by atomic mass is 10.0. The summed E-state index contributed by atoms with van der Waals surface area (Å²) >= 11 is 0. The Morgan fingerprint density at radius 3 is 2.80 bits per heavy atom. The predicted molar refractivity (Wildman–Crippen MR) is 66.6 cm³/mol. The average Bonchev–Trinajstić information content (AvgIpc) is 2.16. The van der Waals surface area contributed by atoms with E-state index in [9.17, 15) is 0 Å². The molecule has 15 heavy (non-hydrogen) atoms. The Morgan fingerprint density at radius 1 is 1.40 bits per heavy atom. The lowest BCUT2D eigenvalue weighted by molar-refractivity contribution is 0.861. The number of hydrogen-bond acceptors (Lipinski definition) is 2. The van der Waals surface area contributed by atoms with Gasteiger partial charge in [-0.2, -0.15) is 0 Å². The minimum Gasteiger partial charge on any atom is -0.367 e. The van der Waals surface area contributed by atoms with Gasteiger partial charge in [-0.15, -0.1) is 0 Å². The highest BCUT2D eigenvalue weighted by Crippen LogP contribution is 2.33. The number of benzene rings is 1. The van der Waals surface area contributed by atoms with Gasteiger partial charge in [0.05, 0.1) is 17.9 Å². The van der Waals surface area contributed by atoms with Crippen LogP contribution in [-0.4, -0.2) is 13.6 Å². The molecule has 1 aromatic rings. The Bertz CT molecular complexity index is 394. The van der Waals surface area contributed by atoms with Crippen LogP contribution in [0.5, 0.6) is 0 Å². The Kier molecular flexibility index (Phi) is 2.43. The topological polar surface area (TPSA) is 15.3 Å². The smallest absolute Gasteiger partial charge is 0.0620 e. The zero-order valence-corrected chi connectivity index (χ0v) is 9.67. The normalized spacial score (nSPS) is 15.2. The molecule has 0 fully saturated rings. The van der Waals surface area contributed by atoms with Crippen LogP contribution in [-0.2, 0) is 0 Å². The van der Waals surface area contributed by atoms with Crippen molar-refractivity contribution in [1.82, 2.24) is 0 Å².